The molecule has 2 rings (SSSR count). The second-order valence-corrected chi connectivity index (χ2v) is 8.15. The average molecular weight is 319 g/mol. The molecule has 7 heteroatoms. The second kappa shape index (κ2) is 5.42. The van der Waals surface area contributed by atoms with Crippen LogP contribution in [-0.4, -0.2) is 44.3 Å². The van der Waals surface area contributed by atoms with E-state index in [-0.39, 0.29) is 15.6 Å². The number of benzene rings is 1. The lowest BCUT2D eigenvalue weighted by Gasteiger charge is -2.36. The molecular weight excluding hydrogens is 300 g/mol. The number of phenols is 1. The van der Waals surface area contributed by atoms with Crippen LogP contribution in [0.3, 0.4) is 0 Å². The highest BCUT2D eigenvalue weighted by molar-refractivity contribution is 7.92. The monoisotopic (exact) mass is 318 g/mol. The van der Waals surface area contributed by atoms with E-state index in [1.54, 1.807) is 0 Å². The smallest absolute Gasteiger partial charge is 0.186 e. The van der Waals surface area contributed by atoms with Crippen molar-refractivity contribution in [2.75, 3.05) is 26.4 Å². The molecule has 1 fully saturated rings. The van der Waals surface area contributed by atoms with E-state index in [0.717, 1.165) is 6.54 Å². The molecule has 1 aromatic rings. The van der Waals surface area contributed by atoms with Gasteiger partial charge in [0.1, 0.15) is 4.90 Å². The number of rotatable bonds is 4. The van der Waals surface area contributed by atoms with Gasteiger partial charge in [0.2, 0.25) is 0 Å². The molecule has 5 nitrogen and oxygen atoms in total. The van der Waals surface area contributed by atoms with Gasteiger partial charge >= 0.3 is 0 Å². The summed E-state index contributed by atoms with van der Waals surface area (Å²) in [5.41, 5.74) is 5.58. The van der Waals surface area contributed by atoms with Gasteiger partial charge in [-0.1, -0.05) is 11.6 Å². The first-order chi connectivity index (χ1) is 9.23. The number of hydrogen-bond acceptors (Lipinski definition) is 5. The van der Waals surface area contributed by atoms with Crippen LogP contribution >= 0.6 is 11.6 Å². The Balaban J connectivity index is 2.24. The summed E-state index contributed by atoms with van der Waals surface area (Å²) in [6.07, 6.45) is 1.18. The van der Waals surface area contributed by atoms with Crippen LogP contribution in [0.25, 0.3) is 0 Å². The summed E-state index contributed by atoms with van der Waals surface area (Å²) in [4.78, 5) is 1.81. The van der Waals surface area contributed by atoms with Crippen molar-refractivity contribution in [2.45, 2.75) is 23.0 Å². The quantitative estimate of drug-likeness (QED) is 0.652. The van der Waals surface area contributed by atoms with Gasteiger partial charge in [-0.2, -0.15) is 0 Å². The molecule has 0 spiro atoms. The standard InChI is InChI=1S/C13H19ClN2O3S/c1-16(2)7-8-5-9(6-8)20(18,19)13-10(14)3-4-11(15)12(13)17/h3-4,8-9,17H,5-7,15H2,1-2H3/t8-,9+. The Morgan fingerprint density at radius 1 is 1.40 bits per heavy atom. The summed E-state index contributed by atoms with van der Waals surface area (Å²) >= 11 is 5.93. The minimum atomic E-state index is -3.64. The fourth-order valence-electron chi connectivity index (χ4n) is 2.59. The van der Waals surface area contributed by atoms with E-state index in [2.05, 4.69) is 0 Å². The van der Waals surface area contributed by atoms with Crippen molar-refractivity contribution in [2.24, 2.45) is 5.92 Å². The van der Waals surface area contributed by atoms with Gasteiger partial charge in [0, 0.05) is 6.54 Å². The SMILES string of the molecule is CN(C)C[C@H]1C[C@@H](S(=O)(=O)c2c(Cl)ccc(N)c2O)C1. The van der Waals surface area contributed by atoms with Gasteiger partial charge in [0.05, 0.1) is 16.0 Å². The Bertz CT molecular complexity index is 610. The first kappa shape index (κ1) is 15.4. The van der Waals surface area contributed by atoms with E-state index in [1.807, 2.05) is 19.0 Å². The van der Waals surface area contributed by atoms with E-state index >= 15 is 0 Å². The molecule has 3 N–H and O–H groups in total. The highest BCUT2D eigenvalue weighted by Gasteiger charge is 2.41. The van der Waals surface area contributed by atoms with Crippen LogP contribution in [0.4, 0.5) is 5.69 Å². The molecule has 1 aromatic carbocycles. The molecule has 112 valence electrons. The maximum absolute atomic E-state index is 12.5. The molecule has 0 radical (unpaired) electrons. The maximum Gasteiger partial charge on any atom is 0.186 e. The maximum atomic E-state index is 12.5. The zero-order valence-corrected chi connectivity index (χ0v) is 13.1. The number of aromatic hydroxyl groups is 1. The minimum Gasteiger partial charge on any atom is -0.504 e. The summed E-state index contributed by atoms with van der Waals surface area (Å²) in [7, 11) is 0.286. The Hall–Kier alpha value is -0.980. The van der Waals surface area contributed by atoms with Gasteiger partial charge in [-0.05, 0) is 45.0 Å². The number of nitrogen functional groups attached to an aromatic ring is 1. The molecular formula is C13H19ClN2O3S. The Morgan fingerprint density at radius 3 is 2.55 bits per heavy atom. The lowest BCUT2D eigenvalue weighted by Crippen LogP contribution is -2.40. The Kier molecular flexibility index (Phi) is 4.18. The van der Waals surface area contributed by atoms with Crippen molar-refractivity contribution in [3.8, 4) is 5.75 Å². The average Bonchev–Trinajstić information content (AvgIpc) is 2.27. The summed E-state index contributed by atoms with van der Waals surface area (Å²) in [5, 5.41) is 9.43. The first-order valence-corrected chi connectivity index (χ1v) is 8.31. The Labute approximate surface area is 124 Å². The molecule has 0 saturated heterocycles. The lowest BCUT2D eigenvalue weighted by molar-refractivity contribution is 0.232. The molecule has 0 atom stereocenters. The van der Waals surface area contributed by atoms with Crippen LogP contribution < -0.4 is 5.73 Å². The molecule has 0 bridgehead atoms. The fourth-order valence-corrected chi connectivity index (χ4v) is 5.18. The van der Waals surface area contributed by atoms with Crippen molar-refractivity contribution in [1.29, 1.82) is 0 Å². The molecule has 0 heterocycles. The number of halogens is 1. The van der Waals surface area contributed by atoms with Gasteiger partial charge < -0.3 is 15.7 Å². The Morgan fingerprint density at radius 2 is 2.00 bits per heavy atom. The fraction of sp³-hybridized carbons (Fsp3) is 0.538. The van der Waals surface area contributed by atoms with Crippen LogP contribution in [0.5, 0.6) is 5.75 Å². The number of nitrogens with zero attached hydrogens (tertiary/aromatic N) is 1. The van der Waals surface area contributed by atoms with Gasteiger partial charge in [-0.15, -0.1) is 0 Å². The van der Waals surface area contributed by atoms with E-state index in [4.69, 9.17) is 17.3 Å². The molecule has 0 amide bonds. The predicted molar refractivity (Wildman–Crippen MR) is 79.8 cm³/mol. The van der Waals surface area contributed by atoms with Crippen LogP contribution in [0, 0.1) is 5.92 Å². The largest absolute Gasteiger partial charge is 0.504 e. The number of hydrogen-bond donors (Lipinski definition) is 2. The second-order valence-electron chi connectivity index (χ2n) is 5.58. The third kappa shape index (κ3) is 2.73. The molecule has 20 heavy (non-hydrogen) atoms. The molecule has 0 aliphatic heterocycles. The van der Waals surface area contributed by atoms with Gasteiger partial charge in [-0.3, -0.25) is 0 Å². The van der Waals surface area contributed by atoms with Crippen molar-refractivity contribution in [1.82, 2.24) is 4.90 Å². The first-order valence-electron chi connectivity index (χ1n) is 6.39. The van der Waals surface area contributed by atoms with Crippen molar-refractivity contribution in [3.63, 3.8) is 0 Å². The molecule has 0 aromatic heterocycles. The molecule has 1 aliphatic rings. The highest BCUT2D eigenvalue weighted by Crippen LogP contribution is 2.43. The third-order valence-electron chi connectivity index (χ3n) is 3.65. The normalized spacial score (nSPS) is 22.8. The number of phenolic OH excluding ortho intramolecular Hbond substituents is 1. The van der Waals surface area contributed by atoms with Crippen LogP contribution in [0.2, 0.25) is 5.02 Å². The van der Waals surface area contributed by atoms with Crippen molar-refractivity contribution >= 4 is 27.1 Å². The van der Waals surface area contributed by atoms with Crippen LogP contribution in [-0.2, 0) is 9.84 Å². The summed E-state index contributed by atoms with van der Waals surface area (Å²) < 4.78 is 25.1. The number of anilines is 1. The molecule has 1 saturated carbocycles. The van der Waals surface area contributed by atoms with E-state index < -0.39 is 20.8 Å². The topological polar surface area (TPSA) is 83.6 Å². The molecule has 1 aliphatic carbocycles. The van der Waals surface area contributed by atoms with E-state index in [9.17, 15) is 13.5 Å². The van der Waals surface area contributed by atoms with Crippen molar-refractivity contribution < 1.29 is 13.5 Å². The zero-order valence-electron chi connectivity index (χ0n) is 11.5. The minimum absolute atomic E-state index is 0.0211. The zero-order chi connectivity index (χ0) is 15.1. The van der Waals surface area contributed by atoms with Crippen LogP contribution in [0.15, 0.2) is 17.0 Å². The van der Waals surface area contributed by atoms with E-state index in [0.29, 0.717) is 18.8 Å². The van der Waals surface area contributed by atoms with Gasteiger partial charge in [-0.25, -0.2) is 8.42 Å². The van der Waals surface area contributed by atoms with E-state index in [1.165, 1.54) is 12.1 Å². The van der Waals surface area contributed by atoms with Crippen LogP contribution in [0.1, 0.15) is 12.8 Å². The summed E-state index contributed by atoms with van der Waals surface area (Å²) in [6, 6.07) is 2.80. The number of sulfone groups is 1. The predicted octanol–water partition coefficient (Wildman–Crippen LogP) is 1.74. The third-order valence-corrected chi connectivity index (χ3v) is 6.33. The summed E-state index contributed by atoms with van der Waals surface area (Å²) in [6.45, 7) is 0.864. The van der Waals surface area contributed by atoms with Gasteiger partial charge in [0.15, 0.2) is 15.6 Å². The lowest BCUT2D eigenvalue weighted by atomic mass is 9.84. The number of nitrogens with two attached hydrogens (primary N) is 1. The van der Waals surface area contributed by atoms with Gasteiger partial charge in [0.25, 0.3) is 0 Å². The van der Waals surface area contributed by atoms with Crippen molar-refractivity contribution in [3.05, 3.63) is 17.2 Å². The summed E-state index contributed by atoms with van der Waals surface area (Å²) in [5.74, 6) is -0.0692. The molecule has 0 unspecified atom stereocenters. The highest BCUT2D eigenvalue weighted by atomic mass is 35.5.